The zero-order valence-corrected chi connectivity index (χ0v) is 15.6. The Balaban J connectivity index is 1.87. The summed E-state index contributed by atoms with van der Waals surface area (Å²) < 4.78 is 5.51. The van der Waals surface area contributed by atoms with Crippen molar-refractivity contribution in [2.75, 3.05) is 33.3 Å². The van der Waals surface area contributed by atoms with Crippen LogP contribution in [0.4, 0.5) is 0 Å². The average Bonchev–Trinajstić information content (AvgIpc) is 2.79. The van der Waals surface area contributed by atoms with E-state index in [0.29, 0.717) is 28.9 Å². The molecule has 0 radical (unpaired) electrons. The van der Waals surface area contributed by atoms with Crippen LogP contribution in [-0.4, -0.2) is 66.1 Å². The van der Waals surface area contributed by atoms with Gasteiger partial charge < -0.3 is 14.7 Å². The van der Waals surface area contributed by atoms with E-state index in [1.165, 1.54) is 0 Å². The van der Waals surface area contributed by atoms with Crippen LogP contribution in [0.15, 0.2) is 18.2 Å². The molecule has 6 nitrogen and oxygen atoms in total. The minimum Gasteiger partial charge on any atom is -0.481 e. The van der Waals surface area contributed by atoms with E-state index in [1.807, 2.05) is 4.90 Å². The molecule has 25 heavy (non-hydrogen) atoms. The van der Waals surface area contributed by atoms with Crippen molar-refractivity contribution in [3.63, 3.8) is 0 Å². The third-order valence-corrected chi connectivity index (χ3v) is 4.91. The minimum atomic E-state index is -0.843. The standard InChI is InChI=1S/C17H22Cl2N2O4/c1-20(10-16(23)24)12-4-3-8-21(9-7-12)15(22)11-25-17-13(18)5-2-6-14(17)19/h2,5-6,12H,3-4,7-11H2,1H3,(H,23,24). The molecule has 1 heterocycles. The van der Waals surface area contributed by atoms with Crippen LogP contribution in [0.25, 0.3) is 0 Å². The number of carbonyl (C=O) groups is 2. The first-order valence-corrected chi connectivity index (χ1v) is 8.90. The number of carboxylic acids is 1. The highest BCUT2D eigenvalue weighted by Gasteiger charge is 2.24. The summed E-state index contributed by atoms with van der Waals surface area (Å²) in [6.45, 7) is 1.09. The van der Waals surface area contributed by atoms with E-state index in [-0.39, 0.29) is 25.1 Å². The fraction of sp³-hybridized carbons (Fsp3) is 0.529. The van der Waals surface area contributed by atoms with Crippen molar-refractivity contribution >= 4 is 35.1 Å². The van der Waals surface area contributed by atoms with Gasteiger partial charge in [-0.25, -0.2) is 0 Å². The van der Waals surface area contributed by atoms with Crippen molar-refractivity contribution in [2.24, 2.45) is 0 Å². The van der Waals surface area contributed by atoms with E-state index in [1.54, 1.807) is 30.1 Å². The molecule has 0 spiro atoms. The Labute approximate surface area is 157 Å². The van der Waals surface area contributed by atoms with Gasteiger partial charge in [-0.05, 0) is 38.4 Å². The number of carboxylic acid groups (broad SMARTS) is 1. The van der Waals surface area contributed by atoms with Gasteiger partial charge in [0.15, 0.2) is 12.4 Å². The van der Waals surface area contributed by atoms with Gasteiger partial charge in [-0.3, -0.25) is 14.5 Å². The van der Waals surface area contributed by atoms with Gasteiger partial charge in [0.2, 0.25) is 0 Å². The van der Waals surface area contributed by atoms with Gasteiger partial charge in [0, 0.05) is 19.1 Å². The minimum absolute atomic E-state index is 0.00668. The first kappa shape index (κ1) is 19.8. The SMILES string of the molecule is CN(CC(=O)O)C1CCCN(C(=O)COc2c(Cl)cccc2Cl)CC1. The molecule has 2 rings (SSSR count). The topological polar surface area (TPSA) is 70.1 Å². The van der Waals surface area contributed by atoms with Crippen molar-refractivity contribution in [1.82, 2.24) is 9.80 Å². The number of para-hydroxylation sites is 1. The van der Waals surface area contributed by atoms with Gasteiger partial charge in [0.1, 0.15) is 0 Å². The van der Waals surface area contributed by atoms with Gasteiger partial charge in [-0.15, -0.1) is 0 Å². The summed E-state index contributed by atoms with van der Waals surface area (Å²) in [5.74, 6) is -0.657. The lowest BCUT2D eigenvalue weighted by Crippen LogP contribution is -2.38. The van der Waals surface area contributed by atoms with E-state index in [9.17, 15) is 9.59 Å². The second-order valence-corrected chi connectivity index (χ2v) is 6.93. The molecule has 0 aliphatic carbocycles. The number of likely N-dealkylation sites (N-methyl/N-ethyl adjacent to an activating group) is 1. The Morgan fingerprint density at radius 3 is 2.60 bits per heavy atom. The lowest BCUT2D eigenvalue weighted by Gasteiger charge is -2.25. The van der Waals surface area contributed by atoms with Gasteiger partial charge in [0.25, 0.3) is 5.91 Å². The largest absolute Gasteiger partial charge is 0.481 e. The number of ether oxygens (including phenoxy) is 1. The monoisotopic (exact) mass is 388 g/mol. The van der Waals surface area contributed by atoms with Gasteiger partial charge in [-0.2, -0.15) is 0 Å². The molecular formula is C17H22Cl2N2O4. The Morgan fingerprint density at radius 1 is 1.28 bits per heavy atom. The number of hydrogen-bond donors (Lipinski definition) is 1. The second kappa shape index (κ2) is 9.27. The molecule has 1 amide bonds. The lowest BCUT2D eigenvalue weighted by atomic mass is 10.1. The molecule has 1 aromatic carbocycles. The van der Waals surface area contributed by atoms with Crippen LogP contribution in [0, 0.1) is 0 Å². The predicted octanol–water partition coefficient (Wildman–Crippen LogP) is 2.77. The number of benzene rings is 1. The molecule has 8 heteroatoms. The van der Waals surface area contributed by atoms with E-state index in [2.05, 4.69) is 0 Å². The van der Waals surface area contributed by atoms with Gasteiger partial charge >= 0.3 is 5.97 Å². The molecule has 1 unspecified atom stereocenters. The Morgan fingerprint density at radius 2 is 1.96 bits per heavy atom. The average molecular weight is 389 g/mol. The van der Waals surface area contributed by atoms with Crippen LogP contribution >= 0.6 is 23.2 Å². The summed E-state index contributed by atoms with van der Waals surface area (Å²) in [6.07, 6.45) is 2.43. The molecule has 1 aromatic rings. The summed E-state index contributed by atoms with van der Waals surface area (Å²) in [6, 6.07) is 5.18. The zero-order valence-electron chi connectivity index (χ0n) is 14.1. The van der Waals surface area contributed by atoms with Crippen LogP contribution in [0.2, 0.25) is 10.0 Å². The maximum Gasteiger partial charge on any atom is 0.317 e. The molecule has 138 valence electrons. The summed E-state index contributed by atoms with van der Waals surface area (Å²) in [4.78, 5) is 26.8. The van der Waals surface area contributed by atoms with Crippen molar-refractivity contribution < 1.29 is 19.4 Å². The lowest BCUT2D eigenvalue weighted by molar-refractivity contribution is -0.138. The molecule has 1 atom stereocenters. The number of aliphatic carboxylic acids is 1. The smallest absolute Gasteiger partial charge is 0.317 e. The van der Waals surface area contributed by atoms with Crippen LogP contribution in [0.1, 0.15) is 19.3 Å². The molecule has 0 bridgehead atoms. The Kier molecular flexibility index (Phi) is 7.35. The number of amides is 1. The number of rotatable bonds is 6. The summed E-state index contributed by atoms with van der Waals surface area (Å²) in [5.41, 5.74) is 0. The quantitative estimate of drug-likeness (QED) is 0.810. The third kappa shape index (κ3) is 5.76. The Hall–Kier alpha value is -1.50. The first-order valence-electron chi connectivity index (χ1n) is 8.15. The van der Waals surface area contributed by atoms with Gasteiger partial charge in [0.05, 0.1) is 16.6 Å². The van der Waals surface area contributed by atoms with E-state index in [4.69, 9.17) is 33.0 Å². The van der Waals surface area contributed by atoms with Crippen LogP contribution in [-0.2, 0) is 9.59 Å². The molecule has 1 aliphatic rings. The van der Waals surface area contributed by atoms with Gasteiger partial charge in [-0.1, -0.05) is 29.3 Å². The maximum atomic E-state index is 12.4. The molecule has 1 N–H and O–H groups in total. The number of carbonyl (C=O) groups excluding carboxylic acids is 1. The molecule has 0 aromatic heterocycles. The number of halogens is 2. The van der Waals surface area contributed by atoms with E-state index < -0.39 is 5.97 Å². The number of hydrogen-bond acceptors (Lipinski definition) is 4. The molecule has 1 fully saturated rings. The van der Waals surface area contributed by atoms with E-state index in [0.717, 1.165) is 19.3 Å². The zero-order chi connectivity index (χ0) is 18.4. The van der Waals surface area contributed by atoms with Crippen molar-refractivity contribution in [2.45, 2.75) is 25.3 Å². The molecule has 1 aliphatic heterocycles. The predicted molar refractivity (Wildman–Crippen MR) is 96.4 cm³/mol. The summed E-state index contributed by atoms with van der Waals surface area (Å²) >= 11 is 12.1. The molecule has 0 saturated carbocycles. The van der Waals surface area contributed by atoms with Crippen LogP contribution < -0.4 is 4.74 Å². The van der Waals surface area contributed by atoms with E-state index >= 15 is 0 Å². The molecule has 1 saturated heterocycles. The number of nitrogens with zero attached hydrogens (tertiary/aromatic N) is 2. The highest BCUT2D eigenvalue weighted by atomic mass is 35.5. The molecular weight excluding hydrogens is 367 g/mol. The van der Waals surface area contributed by atoms with Crippen LogP contribution in [0.3, 0.4) is 0 Å². The third-order valence-electron chi connectivity index (χ3n) is 4.32. The van der Waals surface area contributed by atoms with Crippen molar-refractivity contribution in [3.05, 3.63) is 28.2 Å². The first-order chi connectivity index (χ1) is 11.9. The normalized spacial score (nSPS) is 18.1. The summed E-state index contributed by atoms with van der Waals surface area (Å²) in [7, 11) is 1.80. The number of likely N-dealkylation sites (tertiary alicyclic amines) is 1. The van der Waals surface area contributed by atoms with Crippen LogP contribution in [0.5, 0.6) is 5.75 Å². The fourth-order valence-electron chi connectivity index (χ4n) is 2.96. The van der Waals surface area contributed by atoms with Crippen molar-refractivity contribution in [3.8, 4) is 5.75 Å². The fourth-order valence-corrected chi connectivity index (χ4v) is 3.46. The second-order valence-electron chi connectivity index (χ2n) is 6.11. The van der Waals surface area contributed by atoms with Crippen molar-refractivity contribution in [1.29, 1.82) is 0 Å². The highest BCUT2D eigenvalue weighted by molar-refractivity contribution is 6.37. The highest BCUT2D eigenvalue weighted by Crippen LogP contribution is 2.32. The summed E-state index contributed by atoms with van der Waals surface area (Å²) in [5, 5.41) is 9.64. The maximum absolute atomic E-state index is 12.4. The Bertz CT molecular complexity index is 606.